The van der Waals surface area contributed by atoms with Crippen LogP contribution in [0.3, 0.4) is 0 Å². The van der Waals surface area contributed by atoms with Crippen LogP contribution in [-0.4, -0.2) is 16.1 Å². The maximum absolute atomic E-state index is 12.7. The molecule has 0 saturated carbocycles. The normalized spacial score (nSPS) is 10.8. The molecule has 1 rings (SSSR count). The number of nitrogens with zero attached hydrogens (tertiary/aromatic N) is 1. The highest BCUT2D eigenvalue weighted by Gasteiger charge is 2.19. The largest absolute Gasteiger partial charge is 0.481 e. The van der Waals surface area contributed by atoms with Crippen molar-refractivity contribution in [2.75, 3.05) is 0 Å². The minimum Gasteiger partial charge on any atom is -0.481 e. The van der Waals surface area contributed by atoms with Crippen LogP contribution < -0.4 is 0 Å². The second-order valence-electron chi connectivity index (χ2n) is 2.96. The molecule has 0 unspecified atom stereocenters. The van der Waals surface area contributed by atoms with Crippen molar-refractivity contribution in [3.63, 3.8) is 0 Å². The van der Waals surface area contributed by atoms with Crippen molar-refractivity contribution in [2.45, 2.75) is 18.7 Å². The van der Waals surface area contributed by atoms with Gasteiger partial charge in [0.15, 0.2) is 0 Å². The molecule has 0 spiro atoms. The zero-order valence-electron chi connectivity index (χ0n) is 7.88. The molecule has 0 fully saturated rings. The van der Waals surface area contributed by atoms with Gasteiger partial charge in [-0.3, -0.25) is 4.79 Å². The monoisotopic (exact) mass is 313 g/mol. The molecule has 16 heavy (non-hydrogen) atoms. The number of hydrogen-bond donors (Lipinski definition) is 1. The van der Waals surface area contributed by atoms with Gasteiger partial charge in [0, 0.05) is 11.4 Å². The summed E-state index contributed by atoms with van der Waals surface area (Å²) in [4.78, 5) is 14.4. The Labute approximate surface area is 104 Å². The summed E-state index contributed by atoms with van der Waals surface area (Å²) in [5.41, 5.74) is -0.137. The quantitative estimate of drug-likeness (QED) is 0.686. The van der Waals surface area contributed by atoms with E-state index in [1.165, 1.54) is 0 Å². The van der Waals surface area contributed by atoms with Crippen LogP contribution in [0.5, 0.6) is 0 Å². The molecule has 1 N–H and O–H groups in total. The lowest BCUT2D eigenvalue weighted by molar-refractivity contribution is -0.136. The third kappa shape index (κ3) is 3.12. The molecule has 0 aromatic carbocycles. The van der Waals surface area contributed by atoms with Crippen molar-refractivity contribution in [3.8, 4) is 0 Å². The highest BCUT2D eigenvalue weighted by Crippen LogP contribution is 2.28. The standard InChI is InChI=1S/C9H7BrClF2NO2/c10-7-1-4(9(12)13)5(3-11)6(14-7)2-8(15)16/h1,9H,2-3H2,(H,15,16). The fraction of sp³-hybridized carbons (Fsp3) is 0.333. The third-order valence-corrected chi connectivity index (χ3v) is 2.57. The minimum absolute atomic E-state index is 0.0622. The number of alkyl halides is 3. The first-order chi connectivity index (χ1) is 7.45. The fourth-order valence-electron chi connectivity index (χ4n) is 1.25. The summed E-state index contributed by atoms with van der Waals surface area (Å²) in [5, 5.41) is 8.62. The summed E-state index contributed by atoms with van der Waals surface area (Å²) in [6.45, 7) is 0. The number of carbonyl (C=O) groups is 1. The number of pyridine rings is 1. The molecule has 0 saturated heterocycles. The Morgan fingerprint density at radius 3 is 2.69 bits per heavy atom. The summed E-state index contributed by atoms with van der Waals surface area (Å²) in [6, 6.07) is 1.15. The third-order valence-electron chi connectivity index (χ3n) is 1.90. The molecule has 3 nitrogen and oxygen atoms in total. The van der Waals surface area contributed by atoms with Crippen molar-refractivity contribution in [3.05, 3.63) is 27.5 Å². The number of rotatable bonds is 4. The lowest BCUT2D eigenvalue weighted by atomic mass is 10.1. The number of carboxylic acid groups (broad SMARTS) is 1. The molecule has 1 heterocycles. The van der Waals surface area contributed by atoms with Gasteiger partial charge in [-0.15, -0.1) is 11.6 Å². The molecule has 0 bridgehead atoms. The van der Waals surface area contributed by atoms with Gasteiger partial charge in [-0.05, 0) is 27.6 Å². The molecule has 0 amide bonds. The van der Waals surface area contributed by atoms with Gasteiger partial charge in [-0.2, -0.15) is 0 Å². The number of carboxylic acids is 1. The maximum Gasteiger partial charge on any atom is 0.309 e. The van der Waals surface area contributed by atoms with Gasteiger partial charge >= 0.3 is 5.97 Å². The first kappa shape index (κ1) is 13.3. The van der Waals surface area contributed by atoms with Crippen molar-refractivity contribution in [1.82, 2.24) is 4.98 Å². The molecular formula is C9H7BrClF2NO2. The predicted molar refractivity (Wildman–Crippen MR) is 57.8 cm³/mol. The summed E-state index contributed by atoms with van der Waals surface area (Å²) in [5.74, 6) is -1.33. The van der Waals surface area contributed by atoms with Crippen LogP contribution in [0, 0.1) is 0 Å². The summed E-state index contributed by atoms with van der Waals surface area (Å²) in [6.07, 6.45) is -3.14. The zero-order chi connectivity index (χ0) is 12.3. The first-order valence-corrected chi connectivity index (χ1v) is 5.52. The van der Waals surface area contributed by atoms with Crippen molar-refractivity contribution < 1.29 is 18.7 Å². The summed E-state index contributed by atoms with van der Waals surface area (Å²) < 4.78 is 25.5. The smallest absolute Gasteiger partial charge is 0.309 e. The van der Waals surface area contributed by atoms with E-state index >= 15 is 0 Å². The van der Waals surface area contributed by atoms with Crippen LogP contribution in [0.2, 0.25) is 0 Å². The van der Waals surface area contributed by atoms with Crippen molar-refractivity contribution >= 4 is 33.5 Å². The zero-order valence-corrected chi connectivity index (χ0v) is 10.2. The Bertz CT molecular complexity index is 415. The van der Waals surface area contributed by atoms with Gasteiger partial charge in [0.25, 0.3) is 6.43 Å². The number of halogens is 4. The second kappa shape index (κ2) is 5.54. The summed E-state index contributed by atoms with van der Waals surface area (Å²) >= 11 is 8.49. The van der Waals surface area contributed by atoms with E-state index in [4.69, 9.17) is 16.7 Å². The Balaban J connectivity index is 3.29. The van der Waals surface area contributed by atoms with Crippen LogP contribution in [0.1, 0.15) is 23.2 Å². The van der Waals surface area contributed by atoms with Crippen LogP contribution >= 0.6 is 27.5 Å². The minimum atomic E-state index is -2.71. The summed E-state index contributed by atoms with van der Waals surface area (Å²) in [7, 11) is 0. The van der Waals surface area contributed by atoms with Gasteiger partial charge in [0.2, 0.25) is 0 Å². The van der Waals surface area contributed by atoms with Gasteiger partial charge in [0.1, 0.15) is 4.60 Å². The van der Waals surface area contributed by atoms with Crippen molar-refractivity contribution in [1.29, 1.82) is 0 Å². The van der Waals surface area contributed by atoms with E-state index in [1.54, 1.807) is 0 Å². The topological polar surface area (TPSA) is 50.2 Å². The van der Waals surface area contributed by atoms with Gasteiger partial charge in [-0.1, -0.05) is 0 Å². The lowest BCUT2D eigenvalue weighted by Gasteiger charge is -2.11. The molecular weight excluding hydrogens is 307 g/mol. The van der Waals surface area contributed by atoms with E-state index in [-0.39, 0.29) is 27.3 Å². The fourth-order valence-corrected chi connectivity index (χ4v) is 2.02. The maximum atomic E-state index is 12.7. The Kier molecular flexibility index (Phi) is 4.61. The van der Waals surface area contributed by atoms with Crippen LogP contribution in [0.25, 0.3) is 0 Å². The predicted octanol–water partition coefficient (Wildman–Crippen LogP) is 3.15. The first-order valence-electron chi connectivity index (χ1n) is 4.19. The molecule has 1 aromatic rings. The lowest BCUT2D eigenvalue weighted by Crippen LogP contribution is -2.08. The van der Waals surface area contributed by atoms with E-state index in [2.05, 4.69) is 20.9 Å². The molecule has 0 aliphatic carbocycles. The van der Waals surface area contributed by atoms with E-state index in [1.807, 2.05) is 0 Å². The number of aromatic nitrogens is 1. The number of aliphatic carboxylic acids is 1. The molecule has 88 valence electrons. The van der Waals surface area contributed by atoms with Crippen LogP contribution in [-0.2, 0) is 17.1 Å². The van der Waals surface area contributed by atoms with Crippen molar-refractivity contribution in [2.24, 2.45) is 0 Å². The van der Waals surface area contributed by atoms with E-state index < -0.39 is 18.8 Å². The van der Waals surface area contributed by atoms with Crippen LogP contribution in [0.4, 0.5) is 8.78 Å². The molecule has 0 atom stereocenters. The highest BCUT2D eigenvalue weighted by molar-refractivity contribution is 9.10. The average Bonchev–Trinajstić information content (AvgIpc) is 2.15. The highest BCUT2D eigenvalue weighted by atomic mass is 79.9. The molecule has 0 aliphatic rings. The molecule has 7 heteroatoms. The average molecular weight is 315 g/mol. The Morgan fingerprint density at radius 2 is 2.25 bits per heavy atom. The molecule has 0 aliphatic heterocycles. The molecule has 1 aromatic heterocycles. The SMILES string of the molecule is O=C(O)Cc1nc(Br)cc(C(F)F)c1CCl. The van der Waals surface area contributed by atoms with E-state index in [0.717, 1.165) is 6.07 Å². The molecule has 0 radical (unpaired) electrons. The van der Waals surface area contributed by atoms with E-state index in [0.29, 0.717) is 0 Å². The second-order valence-corrected chi connectivity index (χ2v) is 4.04. The van der Waals surface area contributed by atoms with E-state index in [9.17, 15) is 13.6 Å². The number of hydrogen-bond acceptors (Lipinski definition) is 2. The van der Waals surface area contributed by atoms with Gasteiger partial charge < -0.3 is 5.11 Å². The van der Waals surface area contributed by atoms with Gasteiger partial charge in [0.05, 0.1) is 12.1 Å². The Hall–Kier alpha value is -0.750. The van der Waals surface area contributed by atoms with Crippen LogP contribution in [0.15, 0.2) is 10.7 Å². The Morgan fingerprint density at radius 1 is 1.62 bits per heavy atom. The van der Waals surface area contributed by atoms with Gasteiger partial charge in [-0.25, -0.2) is 13.8 Å².